The molecule has 0 amide bonds. The first-order valence-electron chi connectivity index (χ1n) is 15.8. The fourth-order valence-electron chi connectivity index (χ4n) is 4.16. The quantitative estimate of drug-likeness (QED) is 0.0882. The number of aromatic nitrogens is 2. The molecule has 2 aromatic carbocycles. The fourth-order valence-corrected chi connectivity index (χ4v) is 5.18. The largest absolute Gasteiger partial charge is 0.543 e. The van der Waals surface area contributed by atoms with Crippen molar-refractivity contribution in [3.63, 3.8) is 0 Å². The van der Waals surface area contributed by atoms with Crippen LogP contribution in [0.15, 0.2) is 54.7 Å². The summed E-state index contributed by atoms with van der Waals surface area (Å²) < 4.78 is 39.6. The number of hydrogen-bond donors (Lipinski definition) is 1. The van der Waals surface area contributed by atoms with Gasteiger partial charge in [0.2, 0.25) is 14.4 Å². The predicted octanol–water partition coefficient (Wildman–Crippen LogP) is 5.72. The third-order valence-corrected chi connectivity index (χ3v) is 12.1. The summed E-state index contributed by atoms with van der Waals surface area (Å²) in [6.45, 7) is 14.6. The summed E-state index contributed by atoms with van der Waals surface area (Å²) in [5.41, 5.74) is 1.83. The summed E-state index contributed by atoms with van der Waals surface area (Å²) in [6.07, 6.45) is 0.140. The van der Waals surface area contributed by atoms with Gasteiger partial charge in [0, 0.05) is 32.2 Å². The van der Waals surface area contributed by atoms with Gasteiger partial charge in [-0.3, -0.25) is 4.79 Å². The third kappa shape index (κ3) is 12.2. The van der Waals surface area contributed by atoms with Gasteiger partial charge >= 0.3 is 11.9 Å². The van der Waals surface area contributed by atoms with Crippen molar-refractivity contribution in [2.45, 2.75) is 65.0 Å². The van der Waals surface area contributed by atoms with Crippen molar-refractivity contribution in [3.8, 4) is 28.6 Å². The van der Waals surface area contributed by atoms with E-state index in [9.17, 15) is 14.7 Å². The van der Waals surface area contributed by atoms with Crippen molar-refractivity contribution in [1.29, 1.82) is 0 Å². The van der Waals surface area contributed by atoms with Crippen LogP contribution in [0.5, 0.6) is 17.2 Å². The molecule has 1 N–H and O–H groups in total. The molecule has 0 unspecified atom stereocenters. The minimum atomic E-state index is -2.19. The molecule has 3 aromatic rings. The number of benzene rings is 2. The zero-order chi connectivity index (χ0) is 35.2. The van der Waals surface area contributed by atoms with Crippen LogP contribution in [0.1, 0.15) is 39.0 Å². The highest BCUT2D eigenvalue weighted by Crippen LogP contribution is 2.38. The van der Waals surface area contributed by atoms with E-state index in [1.807, 2.05) is 24.3 Å². The SMILES string of the molecule is COCCOCCOCCOc1ccccc1-c1nccc(COc2ccc(O[Si](C)(C)C(C)(C)C)cc2C[C@@H](OC(C)=O)C(=O)O)n1. The number of hydrogen-bond acceptors (Lipinski definition) is 11. The van der Waals surface area contributed by atoms with Crippen molar-refractivity contribution in [2.24, 2.45) is 0 Å². The van der Waals surface area contributed by atoms with Gasteiger partial charge in [-0.2, -0.15) is 0 Å². The maximum atomic E-state index is 11.9. The number of rotatable bonds is 20. The van der Waals surface area contributed by atoms with Crippen LogP contribution in [-0.2, 0) is 41.6 Å². The van der Waals surface area contributed by atoms with Crippen LogP contribution in [0.3, 0.4) is 0 Å². The van der Waals surface area contributed by atoms with Gasteiger partial charge < -0.3 is 38.0 Å². The van der Waals surface area contributed by atoms with Gasteiger partial charge in [0.15, 0.2) is 5.82 Å². The number of para-hydroxylation sites is 1. The molecular weight excluding hydrogens is 636 g/mol. The molecule has 12 nitrogen and oxygen atoms in total. The average molecular weight is 685 g/mol. The van der Waals surface area contributed by atoms with Crippen molar-refractivity contribution in [2.75, 3.05) is 46.8 Å². The number of esters is 1. The Balaban J connectivity index is 1.74. The number of carbonyl (C=O) groups is 2. The van der Waals surface area contributed by atoms with E-state index >= 15 is 0 Å². The molecule has 262 valence electrons. The van der Waals surface area contributed by atoms with Crippen molar-refractivity contribution >= 4 is 20.3 Å². The standard InChI is InChI=1S/C35H48N2O10Si/c1-25(38)46-32(34(39)40)23-26-22-28(47-48(6,7)35(2,3)4)12-13-30(26)45-24-27-14-15-36-33(37-27)29-10-8-9-11-31(29)44-21-20-43-19-18-42-17-16-41-5/h8-15,22,32H,16-21,23-24H2,1-7H3,(H,39,40)/t32-/m1/s1. The summed E-state index contributed by atoms with van der Waals surface area (Å²) in [4.78, 5) is 32.8. The highest BCUT2D eigenvalue weighted by atomic mass is 28.4. The second-order valence-corrected chi connectivity index (χ2v) is 17.2. The van der Waals surface area contributed by atoms with E-state index in [0.717, 1.165) is 0 Å². The number of ether oxygens (including phenoxy) is 6. The van der Waals surface area contributed by atoms with Crippen LogP contribution >= 0.6 is 0 Å². The van der Waals surface area contributed by atoms with Crippen molar-refractivity contribution in [3.05, 3.63) is 66.0 Å². The Kier molecular flexibility index (Phi) is 14.8. The van der Waals surface area contributed by atoms with Crippen molar-refractivity contribution in [1.82, 2.24) is 9.97 Å². The van der Waals surface area contributed by atoms with Gasteiger partial charge in [-0.05, 0) is 54.5 Å². The number of carboxylic acid groups (broad SMARTS) is 1. The Bertz CT molecular complexity index is 1480. The molecule has 1 aromatic heterocycles. The molecule has 0 spiro atoms. The zero-order valence-electron chi connectivity index (χ0n) is 28.9. The molecule has 1 heterocycles. The topological polar surface area (TPSA) is 145 Å². The highest BCUT2D eigenvalue weighted by molar-refractivity contribution is 6.74. The lowest BCUT2D eigenvalue weighted by atomic mass is 10.1. The van der Waals surface area contributed by atoms with E-state index in [2.05, 4.69) is 38.8 Å². The molecule has 0 fully saturated rings. The number of aliphatic carboxylic acids is 1. The lowest BCUT2D eigenvalue weighted by Crippen LogP contribution is -2.43. The first-order chi connectivity index (χ1) is 22.8. The summed E-state index contributed by atoms with van der Waals surface area (Å²) in [5, 5.41) is 9.70. The van der Waals surface area contributed by atoms with Crippen LogP contribution in [-0.4, -0.2) is 88.2 Å². The van der Waals surface area contributed by atoms with Gasteiger partial charge in [-0.25, -0.2) is 14.8 Å². The van der Waals surface area contributed by atoms with Gasteiger partial charge in [0.1, 0.15) is 30.5 Å². The second-order valence-electron chi connectivity index (χ2n) is 12.5. The fraction of sp³-hybridized carbons (Fsp3) is 0.486. The normalized spacial score (nSPS) is 12.3. The molecular formula is C35H48N2O10Si. The molecule has 0 bridgehead atoms. The summed E-state index contributed by atoms with van der Waals surface area (Å²) in [6, 6.07) is 14.5. The Morgan fingerprint density at radius 3 is 2.25 bits per heavy atom. The Morgan fingerprint density at radius 1 is 0.896 bits per heavy atom. The number of nitrogens with zero attached hydrogens (tertiary/aromatic N) is 2. The minimum Gasteiger partial charge on any atom is -0.543 e. The number of carboxylic acids is 1. The third-order valence-electron chi connectivity index (χ3n) is 7.71. The summed E-state index contributed by atoms with van der Waals surface area (Å²) in [7, 11) is -0.568. The van der Waals surface area contributed by atoms with E-state index in [1.54, 1.807) is 37.6 Å². The molecule has 3 rings (SSSR count). The molecule has 0 aliphatic carbocycles. The summed E-state index contributed by atoms with van der Waals surface area (Å²) >= 11 is 0. The molecule has 13 heteroatoms. The summed E-state index contributed by atoms with van der Waals surface area (Å²) in [5.74, 6) is 0.138. The second kappa shape index (κ2) is 18.5. The van der Waals surface area contributed by atoms with Crippen LogP contribution in [0.4, 0.5) is 0 Å². The van der Waals surface area contributed by atoms with Gasteiger partial charge in [-0.15, -0.1) is 0 Å². The van der Waals surface area contributed by atoms with Gasteiger partial charge in [-0.1, -0.05) is 32.9 Å². The monoisotopic (exact) mass is 684 g/mol. The predicted molar refractivity (Wildman–Crippen MR) is 182 cm³/mol. The smallest absolute Gasteiger partial charge is 0.345 e. The first kappa shape index (κ1) is 38.4. The van der Waals surface area contributed by atoms with E-state index in [0.29, 0.717) is 79.5 Å². The van der Waals surface area contributed by atoms with Crippen molar-refractivity contribution < 1.29 is 47.5 Å². The minimum absolute atomic E-state index is 0.0503. The first-order valence-corrected chi connectivity index (χ1v) is 18.7. The lowest BCUT2D eigenvalue weighted by molar-refractivity contribution is -0.162. The molecule has 1 atom stereocenters. The van der Waals surface area contributed by atoms with Crippen LogP contribution in [0, 0.1) is 0 Å². The zero-order valence-corrected chi connectivity index (χ0v) is 29.9. The van der Waals surface area contributed by atoms with E-state index in [-0.39, 0.29) is 18.1 Å². The van der Waals surface area contributed by atoms with E-state index in [1.165, 1.54) is 6.92 Å². The Hall–Kier alpha value is -4.04. The molecule has 0 saturated heterocycles. The Labute approximate surface area is 283 Å². The lowest BCUT2D eigenvalue weighted by Gasteiger charge is -2.36. The molecule has 0 radical (unpaired) electrons. The Morgan fingerprint density at radius 2 is 1.58 bits per heavy atom. The molecule has 48 heavy (non-hydrogen) atoms. The average Bonchev–Trinajstić information content (AvgIpc) is 3.02. The highest BCUT2D eigenvalue weighted by Gasteiger charge is 2.39. The number of methoxy groups -OCH3 is 1. The maximum Gasteiger partial charge on any atom is 0.345 e. The van der Waals surface area contributed by atoms with Crippen LogP contribution < -0.4 is 13.9 Å². The van der Waals surface area contributed by atoms with E-state index in [4.69, 9.17) is 37.8 Å². The van der Waals surface area contributed by atoms with Crippen LogP contribution in [0.25, 0.3) is 11.4 Å². The van der Waals surface area contributed by atoms with Gasteiger partial charge in [0.25, 0.3) is 0 Å². The maximum absolute atomic E-state index is 11.9. The van der Waals surface area contributed by atoms with E-state index < -0.39 is 26.4 Å². The van der Waals surface area contributed by atoms with Crippen LogP contribution in [0.2, 0.25) is 18.1 Å². The molecule has 0 aliphatic rings. The molecule has 0 aliphatic heterocycles. The van der Waals surface area contributed by atoms with Gasteiger partial charge in [0.05, 0.1) is 44.3 Å². The number of carbonyl (C=O) groups excluding carboxylic acids is 1. The molecule has 0 saturated carbocycles.